The van der Waals surface area contributed by atoms with Crippen molar-refractivity contribution in [1.29, 1.82) is 0 Å². The normalized spacial score (nSPS) is 24.6. The molecule has 2 aliphatic rings. The molecule has 1 amide bonds. The van der Waals surface area contributed by atoms with Gasteiger partial charge in [0.1, 0.15) is 5.69 Å². The van der Waals surface area contributed by atoms with E-state index in [1.165, 1.54) is 0 Å². The highest BCUT2D eigenvalue weighted by molar-refractivity contribution is 5.92. The van der Waals surface area contributed by atoms with Gasteiger partial charge in [0.15, 0.2) is 0 Å². The third kappa shape index (κ3) is 4.91. The summed E-state index contributed by atoms with van der Waals surface area (Å²) in [6, 6.07) is 2.19. The number of carboxylic acid groups (broad SMARTS) is 1. The summed E-state index contributed by atoms with van der Waals surface area (Å²) in [5.41, 5.74) is 1.41. The van der Waals surface area contributed by atoms with E-state index >= 15 is 0 Å². The highest BCUT2D eigenvalue weighted by Gasteiger charge is 2.36. The van der Waals surface area contributed by atoms with Gasteiger partial charge in [-0.05, 0) is 37.8 Å². The monoisotopic (exact) mass is 391 g/mol. The number of carbonyl (C=O) groups is 2. The fourth-order valence-electron chi connectivity index (χ4n) is 4.34. The Hall–Kier alpha value is -1.93. The first-order chi connectivity index (χ1) is 13.3. The molecule has 8 heteroatoms. The molecule has 156 valence electrons. The molecule has 3 heterocycles. The Balaban J connectivity index is 1.68. The van der Waals surface area contributed by atoms with Crippen LogP contribution in [0.1, 0.15) is 55.2 Å². The number of piperazine rings is 1. The first-order valence-electron chi connectivity index (χ1n) is 10.3. The lowest BCUT2D eigenvalue weighted by Gasteiger charge is -2.46. The molecule has 0 aromatic carbocycles. The van der Waals surface area contributed by atoms with Crippen molar-refractivity contribution in [2.24, 2.45) is 5.92 Å². The number of carboxylic acids is 1. The maximum Gasteiger partial charge on any atom is 0.303 e. The van der Waals surface area contributed by atoms with Crippen LogP contribution in [0.3, 0.4) is 0 Å². The SMILES string of the molecule is CC(C)c1cc(C(=O)N2CC[C@@H](N3CCN(C)CC3)[C@@H](CCC(=O)O)C2)n[nH]1. The van der Waals surface area contributed by atoms with Gasteiger partial charge >= 0.3 is 5.97 Å². The van der Waals surface area contributed by atoms with E-state index in [0.717, 1.165) is 38.3 Å². The molecule has 0 bridgehead atoms. The molecule has 0 spiro atoms. The summed E-state index contributed by atoms with van der Waals surface area (Å²) < 4.78 is 0. The van der Waals surface area contributed by atoms with E-state index in [0.29, 0.717) is 37.2 Å². The van der Waals surface area contributed by atoms with Crippen LogP contribution in [0.25, 0.3) is 0 Å². The second kappa shape index (κ2) is 9.05. The Kier molecular flexibility index (Phi) is 6.72. The van der Waals surface area contributed by atoms with E-state index in [-0.39, 0.29) is 18.2 Å². The quantitative estimate of drug-likeness (QED) is 0.763. The van der Waals surface area contributed by atoms with E-state index in [4.69, 9.17) is 5.11 Å². The molecule has 8 nitrogen and oxygen atoms in total. The summed E-state index contributed by atoms with van der Waals surface area (Å²) in [6.45, 7) is 9.52. The smallest absolute Gasteiger partial charge is 0.303 e. The molecule has 0 radical (unpaired) electrons. The number of amides is 1. The first-order valence-corrected chi connectivity index (χ1v) is 10.3. The van der Waals surface area contributed by atoms with Gasteiger partial charge in [0.2, 0.25) is 0 Å². The number of aromatic amines is 1. The number of likely N-dealkylation sites (tertiary alicyclic amines) is 1. The molecule has 1 aromatic rings. The third-order valence-electron chi connectivity index (χ3n) is 6.16. The highest BCUT2D eigenvalue weighted by Crippen LogP contribution is 2.28. The van der Waals surface area contributed by atoms with E-state index in [9.17, 15) is 9.59 Å². The first kappa shape index (κ1) is 20.8. The van der Waals surface area contributed by atoms with Crippen LogP contribution in [0.5, 0.6) is 0 Å². The number of nitrogens with zero attached hydrogens (tertiary/aromatic N) is 4. The maximum atomic E-state index is 13.0. The Morgan fingerprint density at radius 3 is 2.57 bits per heavy atom. The summed E-state index contributed by atoms with van der Waals surface area (Å²) in [5, 5.41) is 16.3. The third-order valence-corrected chi connectivity index (χ3v) is 6.16. The van der Waals surface area contributed by atoms with Gasteiger partial charge in [-0.15, -0.1) is 0 Å². The standard InChI is InChI=1S/C20H33N5O3/c1-14(2)16-12-17(22-21-16)20(28)25-7-6-18(15(13-25)4-5-19(26)27)24-10-8-23(3)9-11-24/h12,14-15,18H,4-11,13H2,1-3H3,(H,21,22)(H,26,27)/t15-,18+/m0/s1. The fraction of sp³-hybridized carbons (Fsp3) is 0.750. The Morgan fingerprint density at radius 2 is 1.96 bits per heavy atom. The van der Waals surface area contributed by atoms with E-state index in [2.05, 4.69) is 40.9 Å². The molecule has 0 unspecified atom stereocenters. The Labute approximate surface area is 166 Å². The van der Waals surface area contributed by atoms with Crippen LogP contribution in [0.4, 0.5) is 0 Å². The number of rotatable bonds is 6. The molecule has 2 saturated heterocycles. The molecule has 2 aliphatic heterocycles. The Morgan fingerprint density at radius 1 is 1.25 bits per heavy atom. The number of H-pyrrole nitrogens is 1. The Bertz CT molecular complexity index is 681. The van der Waals surface area contributed by atoms with Crippen LogP contribution in [-0.2, 0) is 4.79 Å². The number of aliphatic carboxylic acids is 1. The molecular weight excluding hydrogens is 358 g/mol. The lowest BCUT2D eigenvalue weighted by molar-refractivity contribution is -0.137. The van der Waals surface area contributed by atoms with Crippen molar-refractivity contribution >= 4 is 11.9 Å². The number of hydrogen-bond acceptors (Lipinski definition) is 5. The highest BCUT2D eigenvalue weighted by atomic mass is 16.4. The predicted molar refractivity (Wildman–Crippen MR) is 106 cm³/mol. The van der Waals surface area contributed by atoms with Crippen LogP contribution < -0.4 is 0 Å². The van der Waals surface area contributed by atoms with E-state index in [1.54, 1.807) is 0 Å². The van der Waals surface area contributed by atoms with Gasteiger partial charge in [0.25, 0.3) is 5.91 Å². The average molecular weight is 392 g/mol. The van der Waals surface area contributed by atoms with E-state index < -0.39 is 5.97 Å². The number of likely N-dealkylation sites (N-methyl/N-ethyl adjacent to an activating group) is 1. The molecule has 0 saturated carbocycles. The van der Waals surface area contributed by atoms with Crippen molar-refractivity contribution in [2.45, 2.75) is 45.1 Å². The summed E-state index contributed by atoms with van der Waals surface area (Å²) >= 11 is 0. The fourth-order valence-corrected chi connectivity index (χ4v) is 4.34. The van der Waals surface area contributed by atoms with Crippen LogP contribution in [0.2, 0.25) is 0 Å². The van der Waals surface area contributed by atoms with Crippen LogP contribution in [0.15, 0.2) is 6.07 Å². The van der Waals surface area contributed by atoms with Crippen molar-refractivity contribution in [3.05, 3.63) is 17.5 Å². The van der Waals surface area contributed by atoms with Crippen molar-refractivity contribution in [3.8, 4) is 0 Å². The molecule has 3 rings (SSSR count). The summed E-state index contributed by atoms with van der Waals surface area (Å²) in [5.74, 6) is -0.351. The van der Waals surface area contributed by atoms with Crippen LogP contribution >= 0.6 is 0 Å². The van der Waals surface area contributed by atoms with Crippen LogP contribution in [-0.4, -0.2) is 94.2 Å². The van der Waals surface area contributed by atoms with Crippen molar-refractivity contribution in [1.82, 2.24) is 24.9 Å². The zero-order valence-electron chi connectivity index (χ0n) is 17.2. The molecular formula is C20H33N5O3. The second-order valence-electron chi connectivity index (χ2n) is 8.50. The van der Waals surface area contributed by atoms with Gasteiger partial charge in [-0.1, -0.05) is 13.8 Å². The molecule has 2 N–H and O–H groups in total. The van der Waals surface area contributed by atoms with Crippen molar-refractivity contribution in [3.63, 3.8) is 0 Å². The summed E-state index contributed by atoms with van der Waals surface area (Å²) in [7, 11) is 2.13. The summed E-state index contributed by atoms with van der Waals surface area (Å²) in [4.78, 5) is 30.8. The largest absolute Gasteiger partial charge is 0.481 e. The summed E-state index contributed by atoms with van der Waals surface area (Å²) in [6.07, 6.45) is 1.64. The number of hydrogen-bond donors (Lipinski definition) is 2. The second-order valence-corrected chi connectivity index (χ2v) is 8.50. The number of aromatic nitrogens is 2. The topological polar surface area (TPSA) is 92.8 Å². The number of carbonyl (C=O) groups excluding carboxylic acids is 1. The van der Waals surface area contributed by atoms with E-state index in [1.807, 2.05) is 11.0 Å². The average Bonchev–Trinajstić information content (AvgIpc) is 3.17. The van der Waals surface area contributed by atoms with Gasteiger partial charge in [-0.2, -0.15) is 5.10 Å². The minimum absolute atomic E-state index is 0.0553. The maximum absolute atomic E-state index is 13.0. The lowest BCUT2D eigenvalue weighted by atomic mass is 9.86. The molecule has 2 fully saturated rings. The lowest BCUT2D eigenvalue weighted by Crippen LogP contribution is -2.57. The predicted octanol–water partition coefficient (Wildman–Crippen LogP) is 1.48. The van der Waals surface area contributed by atoms with Crippen LogP contribution in [0, 0.1) is 5.92 Å². The minimum atomic E-state index is -0.769. The number of nitrogens with one attached hydrogen (secondary N) is 1. The van der Waals surface area contributed by atoms with Gasteiger partial charge in [0, 0.05) is 57.4 Å². The zero-order chi connectivity index (χ0) is 20.3. The van der Waals surface area contributed by atoms with Gasteiger partial charge in [-0.3, -0.25) is 19.6 Å². The molecule has 0 aliphatic carbocycles. The minimum Gasteiger partial charge on any atom is -0.481 e. The molecule has 2 atom stereocenters. The van der Waals surface area contributed by atoms with Crippen molar-refractivity contribution < 1.29 is 14.7 Å². The zero-order valence-corrected chi connectivity index (χ0v) is 17.2. The van der Waals surface area contributed by atoms with Gasteiger partial charge < -0.3 is 14.9 Å². The van der Waals surface area contributed by atoms with Crippen molar-refractivity contribution in [2.75, 3.05) is 46.3 Å². The molecule has 28 heavy (non-hydrogen) atoms. The number of piperidine rings is 1. The van der Waals surface area contributed by atoms with Gasteiger partial charge in [-0.25, -0.2) is 0 Å². The molecule has 1 aromatic heterocycles. The van der Waals surface area contributed by atoms with Gasteiger partial charge in [0.05, 0.1) is 0 Å².